The van der Waals surface area contributed by atoms with Crippen LogP contribution in [0.25, 0.3) is 0 Å². The molecular weight excluding hydrogens is 271 g/mol. The second kappa shape index (κ2) is 1.77. The second-order valence-corrected chi connectivity index (χ2v) is 3.26. The molecule has 1 rings (SSSR count). The minimum absolute atomic E-state index is 1.10. The summed E-state index contributed by atoms with van der Waals surface area (Å²) >= 11 is 1.10. The van der Waals surface area contributed by atoms with Crippen molar-refractivity contribution < 1.29 is 4.42 Å². The molecule has 6 heavy (non-hydrogen) atoms. The first-order chi connectivity index (χ1) is 2.89. The predicted molar refractivity (Wildman–Crippen MR) is 24.1 cm³/mol. The normalized spacial score (nSPS) is 8.83. The van der Waals surface area contributed by atoms with Gasteiger partial charge in [0, 0.05) is 0 Å². The third-order valence-corrected chi connectivity index (χ3v) is 1.63. The van der Waals surface area contributed by atoms with Crippen molar-refractivity contribution in [2.24, 2.45) is 0 Å². The van der Waals surface area contributed by atoms with Gasteiger partial charge in [-0.05, 0) is 0 Å². The van der Waals surface area contributed by atoms with Crippen molar-refractivity contribution in [3.8, 4) is 0 Å². The van der Waals surface area contributed by atoms with Crippen LogP contribution in [0.3, 0.4) is 0 Å². The molecule has 0 bridgehead atoms. The van der Waals surface area contributed by atoms with Crippen molar-refractivity contribution in [1.82, 2.24) is 0 Å². The Kier molecular flexibility index (Phi) is 1.29. The van der Waals surface area contributed by atoms with E-state index in [-0.39, 0.29) is 0 Å². The standard InChI is InChI=1S/C4H3O.Pb/c1-2-4-5-3-1;/h1,3-4H;. The molecule has 0 aliphatic carbocycles. The maximum absolute atomic E-state index is 4.75. The summed E-state index contributed by atoms with van der Waals surface area (Å²) in [6.45, 7) is 0. The van der Waals surface area contributed by atoms with Gasteiger partial charge in [-0.3, -0.25) is 0 Å². The average molecular weight is 274 g/mol. The van der Waals surface area contributed by atoms with Crippen LogP contribution in [0.4, 0.5) is 0 Å². The molecule has 0 fully saturated rings. The molecular formula is C4H3OPb. The fourth-order valence-electron chi connectivity index (χ4n) is 0.264. The van der Waals surface area contributed by atoms with Gasteiger partial charge in [0.2, 0.25) is 0 Å². The van der Waals surface area contributed by atoms with E-state index < -0.39 is 0 Å². The van der Waals surface area contributed by atoms with Crippen LogP contribution in [-0.2, 0) is 0 Å². The molecule has 0 aromatic carbocycles. The third-order valence-electron chi connectivity index (χ3n) is 0.521. The van der Waals surface area contributed by atoms with Crippen molar-refractivity contribution in [2.75, 3.05) is 0 Å². The summed E-state index contributed by atoms with van der Waals surface area (Å²) in [5.41, 5.74) is 0. The Hall–Kier alpha value is 0.202. The summed E-state index contributed by atoms with van der Waals surface area (Å²) < 4.78 is 6.06. The van der Waals surface area contributed by atoms with Crippen LogP contribution in [-0.4, -0.2) is 25.8 Å². The first-order valence-corrected chi connectivity index (χ1v) is 3.58. The van der Waals surface area contributed by atoms with E-state index in [1.54, 1.807) is 12.5 Å². The van der Waals surface area contributed by atoms with Crippen LogP contribution in [0.5, 0.6) is 0 Å². The van der Waals surface area contributed by atoms with Gasteiger partial charge in [0.25, 0.3) is 0 Å². The minimum atomic E-state index is 1.10. The van der Waals surface area contributed by atoms with Crippen LogP contribution in [0, 0.1) is 0 Å². The van der Waals surface area contributed by atoms with E-state index in [1.807, 2.05) is 6.07 Å². The van der Waals surface area contributed by atoms with Crippen LogP contribution in [0.2, 0.25) is 0 Å². The van der Waals surface area contributed by atoms with Gasteiger partial charge in [0.15, 0.2) is 0 Å². The first-order valence-electron chi connectivity index (χ1n) is 1.63. The molecule has 0 atom stereocenters. The second-order valence-electron chi connectivity index (χ2n) is 1.01. The molecule has 0 aliphatic rings. The molecule has 1 nitrogen and oxygen atoms in total. The zero-order valence-electron chi connectivity index (χ0n) is 3.14. The molecule has 0 aliphatic heterocycles. The van der Waals surface area contributed by atoms with E-state index in [9.17, 15) is 0 Å². The number of hydrogen-bond donors (Lipinski definition) is 0. The van der Waals surface area contributed by atoms with Crippen LogP contribution < -0.4 is 3.12 Å². The molecule has 3 radical (unpaired) electrons. The Morgan fingerprint density at radius 2 is 2.50 bits per heavy atom. The molecule has 1 aromatic rings. The van der Waals surface area contributed by atoms with Crippen molar-refractivity contribution in [1.29, 1.82) is 0 Å². The summed E-state index contributed by atoms with van der Waals surface area (Å²) in [6.07, 6.45) is 3.47. The molecule has 0 amide bonds. The molecule has 29 valence electrons. The summed E-state index contributed by atoms with van der Waals surface area (Å²) in [7, 11) is 0. The van der Waals surface area contributed by atoms with Gasteiger partial charge in [-0.1, -0.05) is 0 Å². The molecule has 0 spiro atoms. The maximum atomic E-state index is 4.75. The molecule has 1 heterocycles. The number of rotatable bonds is 0. The number of furan rings is 1. The van der Waals surface area contributed by atoms with Gasteiger partial charge in [-0.25, -0.2) is 0 Å². The van der Waals surface area contributed by atoms with Crippen LogP contribution >= 0.6 is 0 Å². The molecule has 0 unspecified atom stereocenters. The van der Waals surface area contributed by atoms with Crippen LogP contribution in [0.15, 0.2) is 23.0 Å². The van der Waals surface area contributed by atoms with Crippen molar-refractivity contribution in [3.63, 3.8) is 0 Å². The quantitative estimate of drug-likeness (QED) is 0.610. The van der Waals surface area contributed by atoms with E-state index >= 15 is 0 Å². The Labute approximate surface area is 52.0 Å². The fourth-order valence-corrected chi connectivity index (χ4v) is 0.793. The average Bonchev–Trinajstić information content (AvgIpc) is 1.86. The summed E-state index contributed by atoms with van der Waals surface area (Å²) in [5.74, 6) is 0. The summed E-state index contributed by atoms with van der Waals surface area (Å²) in [4.78, 5) is 0. The molecule has 0 N–H and O–H groups in total. The predicted octanol–water partition coefficient (Wildman–Crippen LogP) is 0.0734. The van der Waals surface area contributed by atoms with Gasteiger partial charge in [0.1, 0.15) is 0 Å². The van der Waals surface area contributed by atoms with Crippen LogP contribution in [0.1, 0.15) is 0 Å². The van der Waals surface area contributed by atoms with E-state index in [4.69, 9.17) is 4.42 Å². The Morgan fingerprint density at radius 3 is 2.67 bits per heavy atom. The zero-order valence-corrected chi connectivity index (χ0v) is 7.03. The summed E-state index contributed by atoms with van der Waals surface area (Å²) in [6, 6.07) is 1.98. The topological polar surface area (TPSA) is 13.1 Å². The third kappa shape index (κ3) is 0.831. The monoisotopic (exact) mass is 275 g/mol. The molecule has 0 saturated heterocycles. The first kappa shape index (κ1) is 4.36. The van der Waals surface area contributed by atoms with Gasteiger partial charge in [0.05, 0.1) is 0 Å². The molecule has 1 aromatic heterocycles. The van der Waals surface area contributed by atoms with Crippen molar-refractivity contribution in [3.05, 3.63) is 18.6 Å². The van der Waals surface area contributed by atoms with E-state index in [0.717, 1.165) is 25.8 Å². The Bertz CT molecular complexity index is 111. The van der Waals surface area contributed by atoms with Gasteiger partial charge < -0.3 is 0 Å². The molecule has 0 saturated carbocycles. The SMILES string of the molecule is [Pb][c]1ccoc1. The van der Waals surface area contributed by atoms with Gasteiger partial charge in [-0.2, -0.15) is 0 Å². The number of hydrogen-bond acceptors (Lipinski definition) is 1. The van der Waals surface area contributed by atoms with Gasteiger partial charge in [-0.15, -0.1) is 0 Å². The zero-order chi connectivity index (χ0) is 4.41. The Balaban J connectivity index is 3.05. The van der Waals surface area contributed by atoms with Crippen molar-refractivity contribution >= 4 is 28.9 Å². The van der Waals surface area contributed by atoms with Gasteiger partial charge >= 0.3 is 51.9 Å². The van der Waals surface area contributed by atoms with E-state index in [0.29, 0.717) is 0 Å². The molecule has 2 heteroatoms. The van der Waals surface area contributed by atoms with E-state index in [1.165, 1.54) is 3.12 Å². The summed E-state index contributed by atoms with van der Waals surface area (Å²) in [5, 5.41) is 0. The van der Waals surface area contributed by atoms with Crippen molar-refractivity contribution in [2.45, 2.75) is 0 Å². The fraction of sp³-hybridized carbons (Fsp3) is 0. The Morgan fingerprint density at radius 1 is 1.67 bits per heavy atom. The van der Waals surface area contributed by atoms with E-state index in [2.05, 4.69) is 0 Å².